The quantitative estimate of drug-likeness (QED) is 0.186. The molecule has 0 spiro atoms. The topological polar surface area (TPSA) is 52.1 Å². The molecule has 0 atom stereocenters. The minimum absolute atomic E-state index is 0.485. The van der Waals surface area contributed by atoms with Crippen LogP contribution in [0, 0.1) is 0 Å². The fraction of sp³-hybridized carbons (Fsp3) is 0.0455. The summed E-state index contributed by atoms with van der Waals surface area (Å²) >= 11 is 0. The summed E-state index contributed by atoms with van der Waals surface area (Å²) < 4.78 is 13.0. The van der Waals surface area contributed by atoms with Crippen LogP contribution in [-0.4, -0.2) is 10.2 Å². The summed E-state index contributed by atoms with van der Waals surface area (Å²) in [6, 6.07) is 48.3. The second-order valence-corrected chi connectivity index (χ2v) is 12.1. The highest BCUT2D eigenvalue weighted by atomic mass is 16.4. The van der Waals surface area contributed by atoms with Gasteiger partial charge in [0.2, 0.25) is 11.8 Å². The molecule has 0 bridgehead atoms. The van der Waals surface area contributed by atoms with Crippen molar-refractivity contribution in [3.63, 3.8) is 0 Å². The standard InChI is InChI=1S/C44H30N2O2/c1-5-13-29(14-6-1)35-25-37(31-17-9-3-10-18-31)41-39(27-35)40-28-36(30-15-7-2-8-16-30)26-38(42(40)47-41)32-21-23-34(24-22-32)44-46-45-43(48-44)33-19-11-4-12-20-33/h2-5,7-28H,1,6H2. The van der Waals surface area contributed by atoms with Crippen LogP contribution in [0.3, 0.4) is 0 Å². The molecule has 0 saturated heterocycles. The number of furan rings is 1. The lowest BCUT2D eigenvalue weighted by atomic mass is 9.92. The first-order valence-corrected chi connectivity index (χ1v) is 16.3. The molecule has 4 nitrogen and oxygen atoms in total. The molecule has 0 amide bonds. The third-order valence-corrected chi connectivity index (χ3v) is 9.08. The zero-order chi connectivity index (χ0) is 31.9. The second kappa shape index (κ2) is 11.8. The van der Waals surface area contributed by atoms with Gasteiger partial charge in [-0.05, 0) is 94.8 Å². The molecule has 6 aromatic carbocycles. The van der Waals surface area contributed by atoms with Crippen molar-refractivity contribution in [2.24, 2.45) is 0 Å². The van der Waals surface area contributed by atoms with Crippen LogP contribution in [0.2, 0.25) is 0 Å². The Kier molecular flexibility index (Phi) is 6.90. The van der Waals surface area contributed by atoms with Gasteiger partial charge >= 0.3 is 0 Å². The molecule has 0 radical (unpaired) electrons. The molecule has 228 valence electrons. The van der Waals surface area contributed by atoms with Gasteiger partial charge < -0.3 is 8.83 Å². The predicted octanol–water partition coefficient (Wildman–Crippen LogP) is 12.0. The van der Waals surface area contributed by atoms with E-state index in [9.17, 15) is 0 Å². The highest BCUT2D eigenvalue weighted by Gasteiger charge is 2.20. The zero-order valence-electron chi connectivity index (χ0n) is 26.1. The van der Waals surface area contributed by atoms with Gasteiger partial charge in [-0.25, -0.2) is 0 Å². The summed E-state index contributed by atoms with van der Waals surface area (Å²) in [6.07, 6.45) is 8.98. The second-order valence-electron chi connectivity index (χ2n) is 12.1. The monoisotopic (exact) mass is 618 g/mol. The number of nitrogens with zero attached hydrogens (tertiary/aromatic N) is 2. The first-order chi connectivity index (χ1) is 23.8. The smallest absolute Gasteiger partial charge is 0.248 e. The highest BCUT2D eigenvalue weighted by molar-refractivity contribution is 6.15. The average Bonchev–Trinajstić information content (AvgIpc) is 3.82. The zero-order valence-corrected chi connectivity index (χ0v) is 26.1. The van der Waals surface area contributed by atoms with Gasteiger partial charge in [0.15, 0.2) is 0 Å². The Bertz CT molecular complexity index is 2470. The van der Waals surface area contributed by atoms with E-state index in [-0.39, 0.29) is 0 Å². The molecule has 0 saturated carbocycles. The number of hydrogen-bond donors (Lipinski definition) is 0. The SMILES string of the molecule is C1=CC(c2cc(-c3ccccc3)c3oc4c(-c5ccc(-c6nnc(-c7ccccc7)o6)cc5)cc(-c5ccccc5)cc4c3c2)=CCC1. The summed E-state index contributed by atoms with van der Waals surface area (Å²) in [7, 11) is 0. The Morgan fingerprint density at radius 1 is 0.417 bits per heavy atom. The molecule has 0 unspecified atom stereocenters. The van der Waals surface area contributed by atoms with E-state index in [2.05, 4.69) is 125 Å². The van der Waals surface area contributed by atoms with Crippen LogP contribution in [0.5, 0.6) is 0 Å². The van der Waals surface area contributed by atoms with Crippen molar-refractivity contribution in [3.8, 4) is 56.3 Å². The fourth-order valence-electron chi connectivity index (χ4n) is 6.65. The number of rotatable bonds is 6. The molecule has 48 heavy (non-hydrogen) atoms. The normalized spacial score (nSPS) is 12.9. The molecule has 8 aromatic rings. The first kappa shape index (κ1) is 28.0. The van der Waals surface area contributed by atoms with Crippen molar-refractivity contribution in [3.05, 3.63) is 163 Å². The van der Waals surface area contributed by atoms with E-state index in [0.717, 1.165) is 79.3 Å². The van der Waals surface area contributed by atoms with E-state index in [1.165, 1.54) is 11.1 Å². The van der Waals surface area contributed by atoms with E-state index in [1.807, 2.05) is 42.5 Å². The lowest BCUT2D eigenvalue weighted by Gasteiger charge is -2.11. The van der Waals surface area contributed by atoms with Crippen LogP contribution < -0.4 is 0 Å². The molecule has 1 aliphatic carbocycles. The molecular weight excluding hydrogens is 588 g/mol. The van der Waals surface area contributed by atoms with Gasteiger partial charge in [-0.15, -0.1) is 10.2 Å². The molecule has 0 N–H and O–H groups in total. The van der Waals surface area contributed by atoms with E-state index in [4.69, 9.17) is 8.83 Å². The first-order valence-electron chi connectivity index (χ1n) is 16.3. The lowest BCUT2D eigenvalue weighted by molar-refractivity contribution is 0.584. The number of allylic oxidation sites excluding steroid dienone is 4. The molecule has 1 aliphatic rings. The Morgan fingerprint density at radius 3 is 1.52 bits per heavy atom. The Labute approximate surface area is 278 Å². The third-order valence-electron chi connectivity index (χ3n) is 9.08. The summed E-state index contributed by atoms with van der Waals surface area (Å²) in [5.74, 6) is 0.987. The maximum atomic E-state index is 6.95. The van der Waals surface area contributed by atoms with Crippen LogP contribution >= 0.6 is 0 Å². The van der Waals surface area contributed by atoms with Crippen molar-refractivity contribution < 1.29 is 8.83 Å². The van der Waals surface area contributed by atoms with Crippen LogP contribution in [0.15, 0.2) is 167 Å². The van der Waals surface area contributed by atoms with Gasteiger partial charge in [0, 0.05) is 33.0 Å². The Morgan fingerprint density at radius 2 is 0.917 bits per heavy atom. The molecule has 4 heteroatoms. The number of benzene rings is 6. The van der Waals surface area contributed by atoms with E-state index >= 15 is 0 Å². The van der Waals surface area contributed by atoms with Crippen LogP contribution in [0.25, 0.3) is 83.8 Å². The summed E-state index contributed by atoms with van der Waals surface area (Å²) in [5.41, 5.74) is 12.5. The minimum atomic E-state index is 0.485. The molecule has 9 rings (SSSR count). The van der Waals surface area contributed by atoms with E-state index < -0.39 is 0 Å². The molecule has 2 aromatic heterocycles. The van der Waals surface area contributed by atoms with Gasteiger partial charge in [-0.3, -0.25) is 0 Å². The molecular formula is C44H30N2O2. The maximum absolute atomic E-state index is 6.95. The Balaban J connectivity index is 1.24. The number of fused-ring (bicyclic) bond motifs is 3. The summed E-state index contributed by atoms with van der Waals surface area (Å²) in [6.45, 7) is 0. The highest BCUT2D eigenvalue weighted by Crippen LogP contribution is 2.44. The van der Waals surface area contributed by atoms with E-state index in [0.29, 0.717) is 11.8 Å². The largest absolute Gasteiger partial charge is 0.455 e. The van der Waals surface area contributed by atoms with Crippen molar-refractivity contribution >= 4 is 27.5 Å². The fourth-order valence-corrected chi connectivity index (χ4v) is 6.65. The average molecular weight is 619 g/mol. The van der Waals surface area contributed by atoms with Crippen LogP contribution in [0.4, 0.5) is 0 Å². The molecule has 0 fully saturated rings. The predicted molar refractivity (Wildman–Crippen MR) is 195 cm³/mol. The Hall–Kier alpha value is -6.26. The summed E-state index contributed by atoms with van der Waals surface area (Å²) in [4.78, 5) is 0. The molecule has 2 heterocycles. The summed E-state index contributed by atoms with van der Waals surface area (Å²) in [5, 5.41) is 10.8. The van der Waals surface area contributed by atoms with Crippen LogP contribution in [0.1, 0.15) is 18.4 Å². The third kappa shape index (κ3) is 5.04. The van der Waals surface area contributed by atoms with Crippen molar-refractivity contribution in [1.29, 1.82) is 0 Å². The lowest BCUT2D eigenvalue weighted by Crippen LogP contribution is -1.88. The van der Waals surface area contributed by atoms with Crippen molar-refractivity contribution in [2.45, 2.75) is 12.8 Å². The van der Waals surface area contributed by atoms with Crippen molar-refractivity contribution in [2.75, 3.05) is 0 Å². The van der Waals surface area contributed by atoms with E-state index in [1.54, 1.807) is 0 Å². The van der Waals surface area contributed by atoms with Gasteiger partial charge in [0.05, 0.1) is 0 Å². The van der Waals surface area contributed by atoms with Crippen LogP contribution in [-0.2, 0) is 0 Å². The van der Waals surface area contributed by atoms with Gasteiger partial charge in [0.1, 0.15) is 11.2 Å². The van der Waals surface area contributed by atoms with Gasteiger partial charge in [-0.2, -0.15) is 0 Å². The van der Waals surface area contributed by atoms with Crippen molar-refractivity contribution in [1.82, 2.24) is 10.2 Å². The number of hydrogen-bond acceptors (Lipinski definition) is 4. The minimum Gasteiger partial charge on any atom is -0.455 e. The number of aromatic nitrogens is 2. The van der Waals surface area contributed by atoms with Gasteiger partial charge in [0.25, 0.3) is 0 Å². The molecule has 0 aliphatic heterocycles. The van der Waals surface area contributed by atoms with Gasteiger partial charge in [-0.1, -0.05) is 109 Å². The maximum Gasteiger partial charge on any atom is 0.248 e.